The predicted octanol–water partition coefficient (Wildman–Crippen LogP) is 8.32. The van der Waals surface area contributed by atoms with Crippen LogP contribution in [0.4, 0.5) is 5.69 Å². The van der Waals surface area contributed by atoms with Gasteiger partial charge >= 0.3 is 10.1 Å². The highest BCUT2D eigenvalue weighted by atomic mass is 32.2. The molecule has 7 aromatic rings. The minimum atomic E-state index is -4.19. The molecular weight excluding hydrogens is 530 g/mol. The van der Waals surface area contributed by atoms with E-state index in [1.54, 1.807) is 12.1 Å². The molecule has 41 heavy (non-hydrogen) atoms. The SMILES string of the molecule is [C-]#[N+]c1ccc(S(=O)(=O)Oc2ccccc2-c2nc3c4ccccc4c4ccccc4c3n2-c2ccccc2)cc1. The molecule has 0 saturated heterocycles. The van der Waals surface area contributed by atoms with Gasteiger partial charge in [-0.1, -0.05) is 103 Å². The zero-order chi connectivity index (χ0) is 28.0. The van der Waals surface area contributed by atoms with Crippen molar-refractivity contribution in [3.8, 4) is 22.8 Å². The molecule has 0 fully saturated rings. The number of rotatable bonds is 5. The summed E-state index contributed by atoms with van der Waals surface area (Å²) in [6.07, 6.45) is 0. The summed E-state index contributed by atoms with van der Waals surface area (Å²) >= 11 is 0. The van der Waals surface area contributed by atoms with Crippen LogP contribution in [0.15, 0.2) is 132 Å². The third-order valence-electron chi connectivity index (χ3n) is 7.13. The summed E-state index contributed by atoms with van der Waals surface area (Å²) in [5.74, 6) is 0.713. The molecule has 0 saturated carbocycles. The molecule has 0 N–H and O–H groups in total. The fourth-order valence-corrected chi connectivity index (χ4v) is 6.24. The lowest BCUT2D eigenvalue weighted by atomic mass is 10.00. The molecule has 0 aliphatic heterocycles. The Balaban J connectivity index is 1.52. The van der Waals surface area contributed by atoms with Crippen molar-refractivity contribution < 1.29 is 12.6 Å². The summed E-state index contributed by atoms with van der Waals surface area (Å²) < 4.78 is 34.5. The van der Waals surface area contributed by atoms with E-state index in [2.05, 4.69) is 33.7 Å². The van der Waals surface area contributed by atoms with Crippen molar-refractivity contribution in [1.29, 1.82) is 0 Å². The Bertz CT molecular complexity index is 2250. The molecule has 1 aromatic heterocycles. The maximum atomic E-state index is 13.3. The highest BCUT2D eigenvalue weighted by Crippen LogP contribution is 2.41. The second-order valence-corrected chi connectivity index (χ2v) is 11.1. The van der Waals surface area contributed by atoms with E-state index >= 15 is 0 Å². The average molecular weight is 552 g/mol. The normalized spacial score (nSPS) is 11.6. The van der Waals surface area contributed by atoms with Crippen molar-refractivity contribution in [1.82, 2.24) is 9.55 Å². The molecule has 0 atom stereocenters. The molecular formula is C34H21N3O3S. The van der Waals surface area contributed by atoms with E-state index in [-0.39, 0.29) is 10.6 Å². The van der Waals surface area contributed by atoms with E-state index in [0.29, 0.717) is 17.1 Å². The van der Waals surface area contributed by atoms with Crippen LogP contribution in [0.1, 0.15) is 0 Å². The molecule has 7 rings (SSSR count). The van der Waals surface area contributed by atoms with E-state index in [4.69, 9.17) is 15.7 Å². The van der Waals surface area contributed by atoms with Crippen LogP contribution in [0.5, 0.6) is 5.75 Å². The summed E-state index contributed by atoms with van der Waals surface area (Å²) in [7, 11) is -4.19. The topological polar surface area (TPSA) is 65.6 Å². The van der Waals surface area contributed by atoms with Crippen LogP contribution < -0.4 is 4.18 Å². The minimum Gasteiger partial charge on any atom is -0.378 e. The Morgan fingerprint density at radius 3 is 1.95 bits per heavy atom. The molecule has 6 nitrogen and oxygen atoms in total. The zero-order valence-electron chi connectivity index (χ0n) is 21.6. The van der Waals surface area contributed by atoms with E-state index in [0.717, 1.165) is 38.3 Å². The average Bonchev–Trinajstić information content (AvgIpc) is 3.43. The first-order valence-electron chi connectivity index (χ1n) is 12.9. The minimum absolute atomic E-state index is 0.0340. The van der Waals surface area contributed by atoms with Gasteiger partial charge in [-0.15, -0.1) is 0 Å². The largest absolute Gasteiger partial charge is 0.378 e. The van der Waals surface area contributed by atoms with Gasteiger partial charge in [-0.25, -0.2) is 9.83 Å². The number of hydrogen-bond acceptors (Lipinski definition) is 4. The van der Waals surface area contributed by atoms with Gasteiger partial charge in [0.05, 0.1) is 23.2 Å². The lowest BCUT2D eigenvalue weighted by molar-refractivity contribution is 0.486. The first-order valence-corrected chi connectivity index (χ1v) is 14.3. The third kappa shape index (κ3) is 4.09. The number of benzene rings is 6. The van der Waals surface area contributed by atoms with Crippen molar-refractivity contribution in [2.75, 3.05) is 0 Å². The van der Waals surface area contributed by atoms with Crippen LogP contribution in [-0.4, -0.2) is 18.0 Å². The summed E-state index contributed by atoms with van der Waals surface area (Å²) in [6.45, 7) is 7.15. The van der Waals surface area contributed by atoms with E-state index in [1.165, 1.54) is 24.3 Å². The molecule has 0 unspecified atom stereocenters. The van der Waals surface area contributed by atoms with Crippen molar-refractivity contribution in [2.45, 2.75) is 4.90 Å². The second-order valence-electron chi connectivity index (χ2n) is 9.53. The highest BCUT2D eigenvalue weighted by Gasteiger charge is 2.24. The number of nitrogens with zero attached hydrogens (tertiary/aromatic N) is 3. The van der Waals surface area contributed by atoms with E-state index < -0.39 is 10.1 Å². The van der Waals surface area contributed by atoms with Gasteiger partial charge in [0.15, 0.2) is 11.4 Å². The van der Waals surface area contributed by atoms with Crippen LogP contribution >= 0.6 is 0 Å². The molecule has 0 radical (unpaired) electrons. The molecule has 0 bridgehead atoms. The van der Waals surface area contributed by atoms with Gasteiger partial charge in [-0.3, -0.25) is 4.57 Å². The monoisotopic (exact) mass is 551 g/mol. The van der Waals surface area contributed by atoms with E-state index in [1.807, 2.05) is 66.7 Å². The van der Waals surface area contributed by atoms with Crippen LogP contribution in [0.25, 0.3) is 54.5 Å². The smallest absolute Gasteiger partial charge is 0.339 e. The quantitative estimate of drug-likeness (QED) is 0.123. The van der Waals surface area contributed by atoms with Crippen LogP contribution in [0.3, 0.4) is 0 Å². The summed E-state index contributed by atoms with van der Waals surface area (Å²) in [6, 6.07) is 39.0. The first-order chi connectivity index (χ1) is 20.0. The van der Waals surface area contributed by atoms with Gasteiger partial charge in [0.1, 0.15) is 10.7 Å². The molecule has 0 amide bonds. The van der Waals surface area contributed by atoms with Crippen LogP contribution in [0.2, 0.25) is 0 Å². The first kappa shape index (κ1) is 24.6. The molecule has 0 spiro atoms. The Hall–Kier alpha value is -5.45. The van der Waals surface area contributed by atoms with Gasteiger partial charge in [0.25, 0.3) is 0 Å². The van der Waals surface area contributed by atoms with Crippen molar-refractivity contribution in [3.05, 3.63) is 139 Å². The second kappa shape index (κ2) is 9.63. The standard InChI is InChI=1S/C34H21N3O3S/c1-35-23-19-21-25(22-20-23)41(38,39)40-31-18-10-9-17-30(31)34-36-32-28-15-7-5-13-26(28)27-14-6-8-16-29(27)33(32)37(34)24-11-3-2-4-12-24/h2-22H. The number of imidazole rings is 1. The Labute approximate surface area is 236 Å². The van der Waals surface area contributed by atoms with Gasteiger partial charge in [-0.2, -0.15) is 8.42 Å². The zero-order valence-corrected chi connectivity index (χ0v) is 22.4. The predicted molar refractivity (Wildman–Crippen MR) is 162 cm³/mol. The molecule has 1 heterocycles. The van der Waals surface area contributed by atoms with Crippen molar-refractivity contribution in [3.63, 3.8) is 0 Å². The Morgan fingerprint density at radius 2 is 1.24 bits per heavy atom. The molecule has 6 aromatic carbocycles. The third-order valence-corrected chi connectivity index (χ3v) is 8.38. The Morgan fingerprint density at radius 1 is 0.659 bits per heavy atom. The fourth-order valence-electron chi connectivity index (χ4n) is 5.29. The molecule has 7 heteroatoms. The fraction of sp³-hybridized carbons (Fsp3) is 0. The molecule has 0 aliphatic rings. The van der Waals surface area contributed by atoms with Crippen molar-refractivity contribution in [2.24, 2.45) is 0 Å². The number of fused-ring (bicyclic) bond motifs is 6. The maximum absolute atomic E-state index is 13.3. The summed E-state index contributed by atoms with van der Waals surface area (Å²) in [5, 5.41) is 4.24. The van der Waals surface area contributed by atoms with E-state index in [9.17, 15) is 8.42 Å². The van der Waals surface area contributed by atoms with Gasteiger partial charge in [-0.05, 0) is 35.0 Å². The highest BCUT2D eigenvalue weighted by molar-refractivity contribution is 7.87. The lowest BCUT2D eigenvalue weighted by Crippen LogP contribution is -2.10. The van der Waals surface area contributed by atoms with Crippen LogP contribution in [-0.2, 0) is 10.1 Å². The summed E-state index contributed by atoms with van der Waals surface area (Å²) in [4.78, 5) is 8.48. The van der Waals surface area contributed by atoms with Gasteiger partial charge < -0.3 is 4.18 Å². The lowest BCUT2D eigenvalue weighted by Gasteiger charge is -2.14. The van der Waals surface area contributed by atoms with Gasteiger partial charge in [0.2, 0.25) is 0 Å². The number of hydrogen-bond donors (Lipinski definition) is 0. The number of para-hydroxylation sites is 2. The molecule has 0 aliphatic carbocycles. The van der Waals surface area contributed by atoms with Crippen molar-refractivity contribution >= 4 is 48.4 Å². The maximum Gasteiger partial charge on any atom is 0.339 e. The summed E-state index contributed by atoms with van der Waals surface area (Å²) in [5.41, 5.74) is 3.50. The number of aromatic nitrogens is 2. The van der Waals surface area contributed by atoms with Crippen LogP contribution in [0, 0.1) is 6.57 Å². The Kier molecular flexibility index (Phi) is 5.77. The van der Waals surface area contributed by atoms with Gasteiger partial charge in [0, 0.05) is 16.5 Å². The molecule has 196 valence electrons.